The van der Waals surface area contributed by atoms with E-state index < -0.39 is 5.41 Å². The first-order valence-corrected chi connectivity index (χ1v) is 13.7. The molecule has 4 rings (SSSR count). The molecule has 0 aliphatic carbocycles. The molecule has 2 aromatic carbocycles. The van der Waals surface area contributed by atoms with E-state index in [4.69, 9.17) is 5.26 Å². The molecule has 2 heterocycles. The minimum absolute atomic E-state index is 0.00331. The van der Waals surface area contributed by atoms with Crippen molar-refractivity contribution < 1.29 is 4.79 Å². The van der Waals surface area contributed by atoms with Crippen LogP contribution >= 0.6 is 0 Å². The summed E-state index contributed by atoms with van der Waals surface area (Å²) in [6.45, 7) is 8.91. The van der Waals surface area contributed by atoms with Crippen molar-refractivity contribution in [2.24, 2.45) is 11.8 Å². The SMILES string of the molecule is CCCC(CC(C#N)(c1ccccc1)C1CCN(CC2CN(c3ccc(C#N)cc3)C2)CC1)NC(C)=O. The fraction of sp³-hybridized carbons (Fsp3) is 0.516. The van der Waals surface area contributed by atoms with Gasteiger partial charge in [0, 0.05) is 44.2 Å². The van der Waals surface area contributed by atoms with Crippen LogP contribution in [0.15, 0.2) is 54.6 Å². The van der Waals surface area contributed by atoms with Crippen molar-refractivity contribution in [1.82, 2.24) is 10.2 Å². The number of nitrogens with zero attached hydrogens (tertiary/aromatic N) is 4. The smallest absolute Gasteiger partial charge is 0.217 e. The minimum Gasteiger partial charge on any atom is -0.371 e. The Morgan fingerprint density at radius 1 is 1.08 bits per heavy atom. The highest BCUT2D eigenvalue weighted by Gasteiger charge is 2.44. The van der Waals surface area contributed by atoms with Crippen LogP contribution in [-0.4, -0.2) is 49.6 Å². The first-order valence-electron chi connectivity index (χ1n) is 13.7. The van der Waals surface area contributed by atoms with Crippen molar-refractivity contribution >= 4 is 11.6 Å². The van der Waals surface area contributed by atoms with Gasteiger partial charge >= 0.3 is 0 Å². The summed E-state index contributed by atoms with van der Waals surface area (Å²) in [5.74, 6) is 0.889. The second-order valence-electron chi connectivity index (χ2n) is 10.8. The molecular formula is C31H39N5O. The average molecular weight is 498 g/mol. The molecule has 2 saturated heterocycles. The topological polar surface area (TPSA) is 83.2 Å². The molecule has 1 N–H and O–H groups in total. The lowest BCUT2D eigenvalue weighted by Gasteiger charge is -2.46. The Morgan fingerprint density at radius 3 is 2.32 bits per heavy atom. The van der Waals surface area contributed by atoms with Crippen molar-refractivity contribution in [3.8, 4) is 12.1 Å². The number of carbonyl (C=O) groups is 1. The van der Waals surface area contributed by atoms with E-state index in [-0.39, 0.29) is 17.9 Å². The lowest BCUT2D eigenvalue weighted by molar-refractivity contribution is -0.119. The third kappa shape index (κ3) is 6.32. The molecule has 0 radical (unpaired) electrons. The Labute approximate surface area is 221 Å². The second kappa shape index (κ2) is 12.3. The number of carbonyl (C=O) groups excluding carboxylic acids is 1. The van der Waals surface area contributed by atoms with Crippen molar-refractivity contribution in [2.75, 3.05) is 37.6 Å². The van der Waals surface area contributed by atoms with Gasteiger partial charge in [-0.25, -0.2) is 0 Å². The molecule has 0 spiro atoms. The molecule has 1 amide bonds. The van der Waals surface area contributed by atoms with Gasteiger partial charge in [-0.3, -0.25) is 4.79 Å². The number of likely N-dealkylation sites (tertiary alicyclic amines) is 1. The van der Waals surface area contributed by atoms with E-state index in [1.807, 2.05) is 42.5 Å². The number of nitrogens with one attached hydrogen (secondary N) is 1. The predicted molar refractivity (Wildman–Crippen MR) is 147 cm³/mol. The van der Waals surface area contributed by atoms with Gasteiger partial charge < -0.3 is 15.1 Å². The van der Waals surface area contributed by atoms with Gasteiger partial charge in [0.15, 0.2) is 0 Å². The Bertz CT molecular complexity index is 1110. The number of amides is 1. The zero-order chi connectivity index (χ0) is 26.3. The van der Waals surface area contributed by atoms with E-state index in [1.165, 1.54) is 5.69 Å². The highest BCUT2D eigenvalue weighted by atomic mass is 16.1. The van der Waals surface area contributed by atoms with Crippen LogP contribution in [0.5, 0.6) is 0 Å². The highest BCUT2D eigenvalue weighted by molar-refractivity contribution is 5.73. The summed E-state index contributed by atoms with van der Waals surface area (Å²) in [6.07, 6.45) is 4.50. The van der Waals surface area contributed by atoms with Crippen LogP contribution in [0.4, 0.5) is 5.69 Å². The van der Waals surface area contributed by atoms with E-state index in [9.17, 15) is 10.1 Å². The number of benzene rings is 2. The van der Waals surface area contributed by atoms with Crippen LogP contribution < -0.4 is 10.2 Å². The molecule has 0 saturated carbocycles. The molecule has 2 atom stereocenters. The maximum Gasteiger partial charge on any atom is 0.217 e. The van der Waals surface area contributed by atoms with Crippen LogP contribution in [0.3, 0.4) is 0 Å². The van der Waals surface area contributed by atoms with Gasteiger partial charge in [-0.05, 0) is 74.5 Å². The molecule has 2 unspecified atom stereocenters. The lowest BCUT2D eigenvalue weighted by atomic mass is 9.64. The van der Waals surface area contributed by atoms with E-state index >= 15 is 0 Å². The Balaban J connectivity index is 1.38. The monoisotopic (exact) mass is 497 g/mol. The Hall–Kier alpha value is -3.35. The van der Waals surface area contributed by atoms with E-state index in [1.54, 1.807) is 6.92 Å². The zero-order valence-corrected chi connectivity index (χ0v) is 22.2. The van der Waals surface area contributed by atoms with Crippen molar-refractivity contribution in [3.63, 3.8) is 0 Å². The Kier molecular flexibility index (Phi) is 8.85. The molecule has 2 aliphatic heterocycles. The molecule has 0 bridgehead atoms. The fourth-order valence-electron chi connectivity index (χ4n) is 6.32. The van der Waals surface area contributed by atoms with Gasteiger partial charge in [0.05, 0.1) is 23.1 Å². The average Bonchev–Trinajstić information content (AvgIpc) is 2.90. The molecule has 2 aliphatic rings. The normalized spacial score (nSPS) is 19.2. The van der Waals surface area contributed by atoms with Crippen LogP contribution in [0.2, 0.25) is 0 Å². The van der Waals surface area contributed by atoms with Crippen molar-refractivity contribution in [2.45, 2.75) is 57.4 Å². The molecule has 2 aromatic rings. The highest BCUT2D eigenvalue weighted by Crippen LogP contribution is 2.43. The summed E-state index contributed by atoms with van der Waals surface area (Å²) in [4.78, 5) is 16.9. The minimum atomic E-state index is -0.599. The van der Waals surface area contributed by atoms with Crippen LogP contribution in [0, 0.1) is 34.5 Å². The molecule has 37 heavy (non-hydrogen) atoms. The number of hydrogen-bond donors (Lipinski definition) is 1. The molecule has 6 nitrogen and oxygen atoms in total. The molecular weight excluding hydrogens is 458 g/mol. The maximum atomic E-state index is 11.9. The maximum absolute atomic E-state index is 11.9. The van der Waals surface area contributed by atoms with Crippen LogP contribution in [0.25, 0.3) is 0 Å². The standard InChI is InChI=1S/C31H39N5O/c1-3-7-29(34-24(2)37)18-31(23-33,27-8-5-4-6-9-27)28-14-16-35(17-15-28)20-26-21-36(22-26)30-12-10-25(19-32)11-13-30/h4-6,8-13,26,28-29H,3,7,14-18,20-22H2,1-2H3,(H,34,37). The summed E-state index contributed by atoms with van der Waals surface area (Å²) in [5.41, 5.74) is 2.38. The third-order valence-electron chi connectivity index (χ3n) is 8.22. The van der Waals surface area contributed by atoms with Gasteiger partial charge in [-0.15, -0.1) is 0 Å². The van der Waals surface area contributed by atoms with E-state index in [0.717, 1.165) is 64.0 Å². The van der Waals surface area contributed by atoms with Crippen molar-refractivity contribution in [3.05, 3.63) is 65.7 Å². The summed E-state index contributed by atoms with van der Waals surface area (Å²) in [5, 5.41) is 22.8. The zero-order valence-electron chi connectivity index (χ0n) is 22.2. The number of nitriles is 2. The predicted octanol–water partition coefficient (Wildman–Crippen LogP) is 4.86. The quantitative estimate of drug-likeness (QED) is 0.507. The van der Waals surface area contributed by atoms with Gasteiger partial charge in [-0.1, -0.05) is 43.7 Å². The molecule has 194 valence electrons. The van der Waals surface area contributed by atoms with E-state index in [2.05, 4.69) is 46.3 Å². The van der Waals surface area contributed by atoms with Crippen molar-refractivity contribution in [1.29, 1.82) is 10.5 Å². The fourth-order valence-corrected chi connectivity index (χ4v) is 6.32. The first kappa shape index (κ1) is 26.7. The van der Waals surface area contributed by atoms with Gasteiger partial charge in [0.2, 0.25) is 5.91 Å². The van der Waals surface area contributed by atoms with Gasteiger partial charge in [0.25, 0.3) is 0 Å². The number of rotatable bonds is 10. The third-order valence-corrected chi connectivity index (χ3v) is 8.22. The van der Waals surface area contributed by atoms with E-state index in [0.29, 0.717) is 17.9 Å². The van der Waals surface area contributed by atoms with Gasteiger partial charge in [-0.2, -0.15) is 10.5 Å². The first-order chi connectivity index (χ1) is 18.0. The summed E-state index contributed by atoms with van der Waals surface area (Å²) in [7, 11) is 0. The molecule has 2 fully saturated rings. The Morgan fingerprint density at radius 2 is 1.76 bits per heavy atom. The largest absolute Gasteiger partial charge is 0.371 e. The second-order valence-corrected chi connectivity index (χ2v) is 10.8. The molecule has 6 heteroatoms. The number of hydrogen-bond acceptors (Lipinski definition) is 5. The lowest BCUT2D eigenvalue weighted by Crippen LogP contribution is -2.53. The summed E-state index contributed by atoms with van der Waals surface area (Å²) < 4.78 is 0. The summed E-state index contributed by atoms with van der Waals surface area (Å²) in [6, 6.07) is 23.1. The van der Waals surface area contributed by atoms with Gasteiger partial charge in [0.1, 0.15) is 0 Å². The van der Waals surface area contributed by atoms with Crippen LogP contribution in [-0.2, 0) is 10.2 Å². The van der Waals surface area contributed by atoms with Crippen LogP contribution in [0.1, 0.15) is 57.1 Å². The molecule has 0 aromatic heterocycles. The summed E-state index contributed by atoms with van der Waals surface area (Å²) >= 11 is 0. The number of anilines is 1. The number of piperidine rings is 1.